The summed E-state index contributed by atoms with van der Waals surface area (Å²) in [6.45, 7) is 1.63. The van der Waals surface area contributed by atoms with Gasteiger partial charge >= 0.3 is 0 Å². The first-order valence-electron chi connectivity index (χ1n) is 5.81. The van der Waals surface area contributed by atoms with Gasteiger partial charge in [0.1, 0.15) is 11.9 Å². The highest BCUT2D eigenvalue weighted by molar-refractivity contribution is 5.93. The molecule has 98 valence electrons. The van der Waals surface area contributed by atoms with Crippen LogP contribution in [0.1, 0.15) is 13.0 Å². The molecule has 0 saturated carbocycles. The van der Waals surface area contributed by atoms with Crippen molar-refractivity contribution >= 4 is 11.6 Å². The maximum Gasteiger partial charge on any atom is 0.251 e. The van der Waals surface area contributed by atoms with E-state index in [1.54, 1.807) is 25.3 Å². The number of rotatable bonds is 3. The smallest absolute Gasteiger partial charge is 0.251 e. The van der Waals surface area contributed by atoms with Crippen LogP contribution in [0, 0.1) is 5.82 Å². The fourth-order valence-electron chi connectivity index (χ4n) is 1.67. The van der Waals surface area contributed by atoms with E-state index in [0.29, 0.717) is 5.69 Å². The summed E-state index contributed by atoms with van der Waals surface area (Å²) in [5.74, 6) is -0.703. The number of amides is 1. The molecule has 19 heavy (non-hydrogen) atoms. The minimum absolute atomic E-state index is 0.246. The maximum atomic E-state index is 12.7. The van der Waals surface area contributed by atoms with Crippen molar-refractivity contribution in [1.29, 1.82) is 0 Å². The maximum absolute atomic E-state index is 12.7. The molecule has 0 aliphatic heterocycles. The predicted molar refractivity (Wildman–Crippen MR) is 70.4 cm³/mol. The highest BCUT2D eigenvalue weighted by Crippen LogP contribution is 2.11. The van der Waals surface area contributed by atoms with Gasteiger partial charge < -0.3 is 9.88 Å². The molecule has 1 aromatic carbocycles. The van der Waals surface area contributed by atoms with Crippen LogP contribution in [0.25, 0.3) is 0 Å². The van der Waals surface area contributed by atoms with Crippen molar-refractivity contribution in [3.8, 4) is 0 Å². The molecule has 1 unspecified atom stereocenters. The topological polar surface area (TPSA) is 51.1 Å². The molecule has 2 rings (SSSR count). The van der Waals surface area contributed by atoms with E-state index in [4.69, 9.17) is 0 Å². The van der Waals surface area contributed by atoms with Crippen LogP contribution < -0.4 is 10.9 Å². The number of hydrogen-bond donors (Lipinski definition) is 1. The van der Waals surface area contributed by atoms with Crippen LogP contribution in [0.3, 0.4) is 0 Å². The quantitative estimate of drug-likeness (QED) is 0.919. The number of nitrogens with zero attached hydrogens (tertiary/aromatic N) is 1. The molecule has 0 radical (unpaired) electrons. The second kappa shape index (κ2) is 5.48. The zero-order chi connectivity index (χ0) is 13.8. The summed E-state index contributed by atoms with van der Waals surface area (Å²) in [4.78, 5) is 23.6. The Morgan fingerprint density at radius 2 is 1.89 bits per heavy atom. The lowest BCUT2D eigenvalue weighted by Crippen LogP contribution is -2.30. The Balaban J connectivity index is 2.14. The highest BCUT2D eigenvalue weighted by atomic mass is 19.1. The first-order chi connectivity index (χ1) is 9.08. The first kappa shape index (κ1) is 13.0. The van der Waals surface area contributed by atoms with E-state index in [2.05, 4.69) is 5.32 Å². The number of benzene rings is 1. The van der Waals surface area contributed by atoms with Crippen molar-refractivity contribution in [2.24, 2.45) is 0 Å². The lowest BCUT2D eigenvalue weighted by atomic mass is 10.2. The monoisotopic (exact) mass is 260 g/mol. The van der Waals surface area contributed by atoms with Gasteiger partial charge in [-0.3, -0.25) is 9.59 Å². The lowest BCUT2D eigenvalue weighted by molar-refractivity contribution is -0.118. The number of aromatic nitrogens is 1. The van der Waals surface area contributed by atoms with Gasteiger partial charge in [0.25, 0.3) is 5.56 Å². The summed E-state index contributed by atoms with van der Waals surface area (Å²) in [7, 11) is 0. The average molecular weight is 260 g/mol. The first-order valence-corrected chi connectivity index (χ1v) is 5.81. The van der Waals surface area contributed by atoms with Gasteiger partial charge in [0.2, 0.25) is 5.91 Å². The molecule has 2 aromatic rings. The summed E-state index contributed by atoms with van der Waals surface area (Å²) in [6.07, 6.45) is 1.55. The molecule has 0 aliphatic rings. The standard InChI is InChI=1S/C14H13FN2O2/c1-10(17-9-3-2-4-13(17)18)14(19)16-12-7-5-11(15)6-8-12/h2-10H,1H3,(H,16,19). The third-order valence-electron chi connectivity index (χ3n) is 2.76. The van der Waals surface area contributed by atoms with Gasteiger partial charge in [-0.25, -0.2) is 4.39 Å². The summed E-state index contributed by atoms with van der Waals surface area (Å²) in [6, 6.07) is 9.50. The summed E-state index contributed by atoms with van der Waals surface area (Å²) >= 11 is 0. The Hall–Kier alpha value is -2.43. The number of pyridine rings is 1. The van der Waals surface area contributed by atoms with Crippen LogP contribution in [0.4, 0.5) is 10.1 Å². The van der Waals surface area contributed by atoms with Gasteiger partial charge in [0.05, 0.1) is 0 Å². The molecular formula is C14H13FN2O2. The zero-order valence-electron chi connectivity index (χ0n) is 10.3. The molecule has 1 atom stereocenters. The fraction of sp³-hybridized carbons (Fsp3) is 0.143. The van der Waals surface area contributed by atoms with E-state index in [9.17, 15) is 14.0 Å². The zero-order valence-corrected chi connectivity index (χ0v) is 10.3. The minimum Gasteiger partial charge on any atom is -0.324 e. The molecular weight excluding hydrogens is 247 g/mol. The molecule has 0 fully saturated rings. The fourth-order valence-corrected chi connectivity index (χ4v) is 1.67. The predicted octanol–water partition coefficient (Wildman–Crippen LogP) is 2.19. The van der Waals surface area contributed by atoms with Crippen molar-refractivity contribution in [3.05, 3.63) is 64.8 Å². The molecule has 1 amide bonds. The Morgan fingerprint density at radius 3 is 2.53 bits per heavy atom. The lowest BCUT2D eigenvalue weighted by Gasteiger charge is -2.14. The van der Waals surface area contributed by atoms with Gasteiger partial charge in [0, 0.05) is 18.0 Å². The Bertz CT molecular complexity index is 634. The Kier molecular flexibility index (Phi) is 3.75. The average Bonchev–Trinajstić information content (AvgIpc) is 2.41. The minimum atomic E-state index is -0.640. The largest absolute Gasteiger partial charge is 0.324 e. The van der Waals surface area contributed by atoms with Crippen LogP contribution in [-0.2, 0) is 4.79 Å². The molecule has 0 bridgehead atoms. The van der Waals surface area contributed by atoms with Gasteiger partial charge in [0.15, 0.2) is 0 Å². The van der Waals surface area contributed by atoms with Gasteiger partial charge in [-0.1, -0.05) is 6.07 Å². The number of anilines is 1. The van der Waals surface area contributed by atoms with Crippen LogP contribution >= 0.6 is 0 Å². The second-order valence-corrected chi connectivity index (χ2v) is 4.12. The van der Waals surface area contributed by atoms with Crippen molar-refractivity contribution in [2.45, 2.75) is 13.0 Å². The van der Waals surface area contributed by atoms with Crippen LogP contribution in [0.5, 0.6) is 0 Å². The van der Waals surface area contributed by atoms with Crippen LogP contribution in [0.2, 0.25) is 0 Å². The van der Waals surface area contributed by atoms with Crippen molar-refractivity contribution in [2.75, 3.05) is 5.32 Å². The van der Waals surface area contributed by atoms with Crippen LogP contribution in [0.15, 0.2) is 53.5 Å². The third-order valence-corrected chi connectivity index (χ3v) is 2.76. The molecule has 1 N–H and O–H groups in total. The van der Waals surface area contributed by atoms with Crippen molar-refractivity contribution in [3.63, 3.8) is 0 Å². The van der Waals surface area contributed by atoms with E-state index in [1.165, 1.54) is 34.9 Å². The number of halogens is 1. The molecule has 5 heteroatoms. The highest BCUT2D eigenvalue weighted by Gasteiger charge is 2.15. The molecule has 0 aliphatic carbocycles. The van der Waals surface area contributed by atoms with E-state index in [0.717, 1.165) is 0 Å². The molecule has 4 nitrogen and oxygen atoms in total. The Morgan fingerprint density at radius 1 is 1.21 bits per heavy atom. The normalized spacial score (nSPS) is 11.9. The molecule has 0 saturated heterocycles. The van der Waals surface area contributed by atoms with E-state index in [1.807, 2.05) is 0 Å². The molecule has 1 aromatic heterocycles. The SMILES string of the molecule is CC(C(=O)Nc1ccc(F)cc1)n1ccccc1=O. The summed E-state index contributed by atoms with van der Waals surface area (Å²) < 4.78 is 14.1. The number of hydrogen-bond acceptors (Lipinski definition) is 2. The Labute approximate surface area is 109 Å². The van der Waals surface area contributed by atoms with Crippen LogP contribution in [-0.4, -0.2) is 10.5 Å². The van der Waals surface area contributed by atoms with Gasteiger partial charge in [-0.15, -0.1) is 0 Å². The number of nitrogens with one attached hydrogen (secondary N) is 1. The number of carbonyl (C=O) groups is 1. The van der Waals surface area contributed by atoms with Gasteiger partial charge in [-0.2, -0.15) is 0 Å². The van der Waals surface area contributed by atoms with E-state index < -0.39 is 6.04 Å². The summed E-state index contributed by atoms with van der Waals surface area (Å²) in [5.41, 5.74) is 0.242. The second-order valence-electron chi connectivity index (χ2n) is 4.12. The molecule has 1 heterocycles. The van der Waals surface area contributed by atoms with Gasteiger partial charge in [-0.05, 0) is 37.3 Å². The van der Waals surface area contributed by atoms with Crippen molar-refractivity contribution < 1.29 is 9.18 Å². The van der Waals surface area contributed by atoms with E-state index in [-0.39, 0.29) is 17.3 Å². The third kappa shape index (κ3) is 3.07. The van der Waals surface area contributed by atoms with E-state index >= 15 is 0 Å². The molecule has 0 spiro atoms. The van der Waals surface area contributed by atoms with Crippen molar-refractivity contribution in [1.82, 2.24) is 4.57 Å². The number of carbonyl (C=O) groups excluding carboxylic acids is 1. The summed E-state index contributed by atoms with van der Waals surface area (Å²) in [5, 5.41) is 2.63.